The molecule has 0 aliphatic carbocycles. The van der Waals surface area contributed by atoms with Crippen LogP contribution >= 0.6 is 11.3 Å². The van der Waals surface area contributed by atoms with E-state index in [4.69, 9.17) is 0 Å². The van der Waals surface area contributed by atoms with Crippen LogP contribution in [0.25, 0.3) is 10.2 Å². The molecular formula is C21H24N2O3S2. The van der Waals surface area contributed by atoms with Gasteiger partial charge in [0.2, 0.25) is 5.91 Å². The van der Waals surface area contributed by atoms with E-state index in [1.54, 1.807) is 24.3 Å². The Morgan fingerprint density at radius 1 is 1.07 bits per heavy atom. The Morgan fingerprint density at radius 3 is 2.43 bits per heavy atom. The summed E-state index contributed by atoms with van der Waals surface area (Å²) in [4.78, 5) is 17.5. The zero-order chi connectivity index (χ0) is 20.3. The molecule has 3 aromatic rings. The van der Waals surface area contributed by atoms with Gasteiger partial charge in [0.05, 0.1) is 20.9 Å². The fraction of sp³-hybridized carbons (Fsp3) is 0.333. The van der Waals surface area contributed by atoms with Crippen LogP contribution in [0.3, 0.4) is 0 Å². The number of hydrogen-bond donors (Lipinski definition) is 0. The number of nitrogens with zero attached hydrogens (tertiary/aromatic N) is 2. The highest BCUT2D eigenvalue weighted by atomic mass is 32.2. The summed E-state index contributed by atoms with van der Waals surface area (Å²) in [6.07, 6.45) is 0.790. The van der Waals surface area contributed by atoms with Gasteiger partial charge < -0.3 is 4.57 Å². The molecule has 148 valence electrons. The predicted molar refractivity (Wildman–Crippen MR) is 113 cm³/mol. The van der Waals surface area contributed by atoms with E-state index in [9.17, 15) is 13.2 Å². The second-order valence-corrected chi connectivity index (χ2v) is 10.0. The maximum atomic E-state index is 12.5. The van der Waals surface area contributed by atoms with Crippen molar-refractivity contribution in [1.82, 2.24) is 4.57 Å². The third-order valence-corrected chi connectivity index (χ3v) is 7.24. The Balaban J connectivity index is 1.84. The van der Waals surface area contributed by atoms with Crippen LogP contribution < -0.4 is 4.80 Å². The molecule has 0 saturated carbocycles. The molecule has 1 heterocycles. The molecule has 0 N–H and O–H groups in total. The van der Waals surface area contributed by atoms with Crippen LogP contribution in [0.15, 0.2) is 52.4 Å². The molecule has 2 aromatic carbocycles. The number of aromatic nitrogens is 1. The molecule has 0 saturated heterocycles. The lowest BCUT2D eigenvalue weighted by Gasteiger charge is -2.04. The van der Waals surface area contributed by atoms with Gasteiger partial charge in [0.25, 0.3) is 0 Å². The fourth-order valence-corrected chi connectivity index (χ4v) is 5.35. The van der Waals surface area contributed by atoms with Crippen LogP contribution in [-0.2, 0) is 21.2 Å². The van der Waals surface area contributed by atoms with Gasteiger partial charge in [-0.3, -0.25) is 4.79 Å². The lowest BCUT2D eigenvalue weighted by molar-refractivity contribution is -0.117. The van der Waals surface area contributed by atoms with Crippen LogP contribution in [0.2, 0.25) is 0 Å². The Morgan fingerprint density at radius 2 is 1.75 bits per heavy atom. The van der Waals surface area contributed by atoms with E-state index in [2.05, 4.69) is 18.0 Å². The number of thiazole rings is 1. The number of carbonyl (C=O) groups excluding carboxylic acids is 1. The van der Waals surface area contributed by atoms with Crippen molar-refractivity contribution in [3.05, 3.63) is 58.4 Å². The van der Waals surface area contributed by atoms with E-state index in [1.165, 1.54) is 11.3 Å². The third kappa shape index (κ3) is 4.59. The maximum absolute atomic E-state index is 12.5. The highest BCUT2D eigenvalue weighted by Gasteiger charge is 2.16. The van der Waals surface area contributed by atoms with E-state index < -0.39 is 15.7 Å². The van der Waals surface area contributed by atoms with Crippen molar-refractivity contribution in [2.24, 2.45) is 4.99 Å². The Kier molecular flexibility index (Phi) is 6.15. The van der Waals surface area contributed by atoms with Crippen LogP contribution in [0.1, 0.15) is 30.9 Å². The highest BCUT2D eigenvalue weighted by Crippen LogP contribution is 2.19. The summed E-state index contributed by atoms with van der Waals surface area (Å²) in [5.74, 6) is -0.653. The molecule has 1 amide bonds. The number of fused-ring (bicyclic) bond motifs is 1. The topological polar surface area (TPSA) is 68.5 Å². The summed E-state index contributed by atoms with van der Waals surface area (Å²) in [5.41, 5.74) is 3.20. The molecule has 1 aromatic heterocycles. The van der Waals surface area contributed by atoms with Crippen molar-refractivity contribution in [3.63, 3.8) is 0 Å². The van der Waals surface area contributed by atoms with Gasteiger partial charge in [0, 0.05) is 13.0 Å². The van der Waals surface area contributed by atoms with Gasteiger partial charge in [0.1, 0.15) is 0 Å². The van der Waals surface area contributed by atoms with Crippen molar-refractivity contribution in [2.45, 2.75) is 45.1 Å². The first-order valence-corrected chi connectivity index (χ1v) is 11.7. The van der Waals surface area contributed by atoms with E-state index >= 15 is 0 Å². The number of amides is 1. The summed E-state index contributed by atoms with van der Waals surface area (Å²) in [6.45, 7) is 6.76. The van der Waals surface area contributed by atoms with Gasteiger partial charge in [0.15, 0.2) is 14.6 Å². The second-order valence-electron chi connectivity index (χ2n) is 6.89. The first-order chi connectivity index (χ1) is 13.3. The number of sulfone groups is 1. The molecule has 0 bridgehead atoms. The minimum absolute atomic E-state index is 0.129. The molecule has 0 fully saturated rings. The normalized spacial score (nSPS) is 12.6. The van der Waals surface area contributed by atoms with Crippen molar-refractivity contribution in [1.29, 1.82) is 0 Å². The van der Waals surface area contributed by atoms with Gasteiger partial charge in [-0.15, -0.1) is 0 Å². The average Bonchev–Trinajstić information content (AvgIpc) is 2.97. The lowest BCUT2D eigenvalue weighted by Crippen LogP contribution is -2.18. The van der Waals surface area contributed by atoms with Crippen LogP contribution in [0.5, 0.6) is 0 Å². The van der Waals surface area contributed by atoms with Crippen molar-refractivity contribution < 1.29 is 13.2 Å². The molecular weight excluding hydrogens is 392 g/mol. The molecule has 7 heteroatoms. The second kappa shape index (κ2) is 8.41. The maximum Gasteiger partial charge on any atom is 0.249 e. The lowest BCUT2D eigenvalue weighted by atomic mass is 10.2. The SMILES string of the molecule is CCCn1c(=NC(=O)CCS(=O)(=O)c2ccc(C)cc2)sc2cc(C)ccc21. The fourth-order valence-electron chi connectivity index (χ4n) is 2.95. The van der Waals surface area contributed by atoms with Gasteiger partial charge in [-0.2, -0.15) is 4.99 Å². The number of carbonyl (C=O) groups is 1. The Bertz CT molecular complexity index is 1170. The van der Waals surface area contributed by atoms with E-state index in [0.717, 1.165) is 34.3 Å². The van der Waals surface area contributed by atoms with Crippen molar-refractivity contribution in [3.8, 4) is 0 Å². The van der Waals surface area contributed by atoms with E-state index in [1.807, 2.05) is 30.5 Å². The smallest absolute Gasteiger partial charge is 0.249 e. The largest absolute Gasteiger partial charge is 0.316 e. The molecule has 0 spiro atoms. The summed E-state index contributed by atoms with van der Waals surface area (Å²) in [7, 11) is -3.50. The van der Waals surface area contributed by atoms with E-state index in [-0.39, 0.29) is 17.1 Å². The minimum Gasteiger partial charge on any atom is -0.316 e. The molecule has 5 nitrogen and oxygen atoms in total. The zero-order valence-electron chi connectivity index (χ0n) is 16.3. The average molecular weight is 417 g/mol. The molecule has 0 atom stereocenters. The van der Waals surface area contributed by atoms with Crippen LogP contribution in [-0.4, -0.2) is 24.6 Å². The number of rotatable bonds is 6. The Labute approximate surface area is 169 Å². The number of hydrogen-bond acceptors (Lipinski definition) is 4. The molecule has 0 radical (unpaired) electrons. The first-order valence-electron chi connectivity index (χ1n) is 9.27. The summed E-state index contributed by atoms with van der Waals surface area (Å²) < 4.78 is 28.0. The summed E-state index contributed by atoms with van der Waals surface area (Å²) in [6, 6.07) is 12.8. The van der Waals surface area contributed by atoms with Gasteiger partial charge in [-0.25, -0.2) is 8.42 Å². The predicted octanol–water partition coefficient (Wildman–Crippen LogP) is 4.02. The third-order valence-electron chi connectivity index (χ3n) is 4.47. The van der Waals surface area contributed by atoms with Gasteiger partial charge in [-0.05, 0) is 50.1 Å². The van der Waals surface area contributed by atoms with E-state index in [0.29, 0.717) is 4.80 Å². The minimum atomic E-state index is -3.50. The number of aryl methyl sites for hydroxylation is 3. The van der Waals surface area contributed by atoms with Gasteiger partial charge >= 0.3 is 0 Å². The number of benzene rings is 2. The molecule has 0 aliphatic heterocycles. The summed E-state index contributed by atoms with van der Waals surface area (Å²) in [5, 5.41) is 0. The van der Waals surface area contributed by atoms with Gasteiger partial charge in [-0.1, -0.05) is 42.0 Å². The highest BCUT2D eigenvalue weighted by molar-refractivity contribution is 7.91. The van der Waals surface area contributed by atoms with Crippen LogP contribution in [0, 0.1) is 13.8 Å². The molecule has 0 aliphatic rings. The molecule has 3 rings (SSSR count). The quantitative estimate of drug-likeness (QED) is 0.609. The van der Waals surface area contributed by atoms with Crippen molar-refractivity contribution in [2.75, 3.05) is 5.75 Å². The zero-order valence-corrected chi connectivity index (χ0v) is 17.9. The summed E-state index contributed by atoms with van der Waals surface area (Å²) >= 11 is 1.46. The molecule has 0 unspecified atom stereocenters. The monoisotopic (exact) mass is 416 g/mol. The first kappa shape index (κ1) is 20.5. The van der Waals surface area contributed by atoms with Crippen molar-refractivity contribution >= 4 is 37.3 Å². The standard InChI is InChI=1S/C21H24N2O3S2/c1-4-12-23-18-10-7-16(3)14-19(18)27-21(23)22-20(24)11-13-28(25,26)17-8-5-15(2)6-9-17/h5-10,14H,4,11-13H2,1-3H3. The van der Waals surface area contributed by atoms with Crippen LogP contribution in [0.4, 0.5) is 0 Å². The Hall–Kier alpha value is -2.25. The molecule has 28 heavy (non-hydrogen) atoms.